The van der Waals surface area contributed by atoms with Crippen LogP contribution in [0, 0.1) is 16.7 Å². The molecule has 7 heteroatoms. The van der Waals surface area contributed by atoms with E-state index in [1.807, 2.05) is 14.1 Å². The normalized spacial score (nSPS) is 35.9. The van der Waals surface area contributed by atoms with Crippen molar-refractivity contribution in [3.8, 4) is 0 Å². The smallest absolute Gasteiger partial charge is 0.229 e. The monoisotopic (exact) mass is 369 g/mol. The molecule has 0 aromatic rings. The van der Waals surface area contributed by atoms with Gasteiger partial charge < -0.3 is 9.80 Å². The van der Waals surface area contributed by atoms with Crippen LogP contribution in [0.25, 0.3) is 0 Å². The van der Waals surface area contributed by atoms with E-state index in [9.17, 15) is 13.2 Å². The van der Waals surface area contributed by atoms with Crippen molar-refractivity contribution in [1.82, 2.24) is 14.1 Å². The van der Waals surface area contributed by atoms with Gasteiger partial charge in [-0.3, -0.25) is 4.79 Å². The Hall–Kier alpha value is -0.660. The van der Waals surface area contributed by atoms with Crippen LogP contribution in [0.2, 0.25) is 0 Å². The second-order valence-electron chi connectivity index (χ2n) is 9.11. The molecule has 4 aliphatic rings. The molecule has 2 aliphatic heterocycles. The lowest BCUT2D eigenvalue weighted by Gasteiger charge is -2.44. The Kier molecular flexibility index (Phi) is 4.02. The lowest BCUT2D eigenvalue weighted by atomic mass is 9.66. The number of rotatable bonds is 3. The highest BCUT2D eigenvalue weighted by atomic mass is 32.2. The molecule has 2 heterocycles. The zero-order valence-corrected chi connectivity index (χ0v) is 16.5. The lowest BCUT2D eigenvalue weighted by molar-refractivity contribution is -0.141. The number of nitrogens with zero attached hydrogens (tertiary/aromatic N) is 3. The SMILES string of the molecule is CN1C[C@@H]2C3(CCN(S(=O)(=O)C4CC4)CC3)CC[C@@]2(C(=O)N(C)C)C1. The molecule has 2 aliphatic carbocycles. The van der Waals surface area contributed by atoms with Crippen molar-refractivity contribution < 1.29 is 13.2 Å². The number of likely N-dealkylation sites (tertiary alicyclic amines) is 1. The Morgan fingerprint density at radius 3 is 2.28 bits per heavy atom. The summed E-state index contributed by atoms with van der Waals surface area (Å²) in [6.07, 6.45) is 5.52. The minimum absolute atomic E-state index is 0.114. The number of sulfonamides is 1. The zero-order valence-electron chi connectivity index (χ0n) is 15.7. The first-order valence-electron chi connectivity index (χ1n) is 9.61. The Balaban J connectivity index is 1.55. The molecule has 142 valence electrons. The van der Waals surface area contributed by atoms with Gasteiger partial charge in [-0.2, -0.15) is 0 Å². The van der Waals surface area contributed by atoms with E-state index in [1.54, 1.807) is 9.21 Å². The van der Waals surface area contributed by atoms with Gasteiger partial charge >= 0.3 is 0 Å². The second-order valence-corrected chi connectivity index (χ2v) is 11.3. The third-order valence-corrected chi connectivity index (χ3v) is 9.78. The molecule has 0 unspecified atom stereocenters. The Morgan fingerprint density at radius 2 is 1.72 bits per heavy atom. The maximum atomic E-state index is 13.0. The van der Waals surface area contributed by atoms with Crippen molar-refractivity contribution in [3.05, 3.63) is 0 Å². The van der Waals surface area contributed by atoms with Gasteiger partial charge in [0.2, 0.25) is 15.9 Å². The van der Waals surface area contributed by atoms with Crippen molar-refractivity contribution >= 4 is 15.9 Å². The summed E-state index contributed by atoms with van der Waals surface area (Å²) < 4.78 is 26.8. The maximum absolute atomic E-state index is 13.0. The highest BCUT2D eigenvalue weighted by Crippen LogP contribution is 2.62. The number of hydrogen-bond acceptors (Lipinski definition) is 4. The fourth-order valence-electron chi connectivity index (χ4n) is 5.95. The molecule has 2 saturated carbocycles. The number of amides is 1. The summed E-state index contributed by atoms with van der Waals surface area (Å²) in [5, 5.41) is -0.114. The van der Waals surface area contributed by atoms with Crippen LogP contribution in [0.1, 0.15) is 38.5 Å². The molecule has 4 fully saturated rings. The highest BCUT2D eigenvalue weighted by molar-refractivity contribution is 7.90. The van der Waals surface area contributed by atoms with Crippen LogP contribution in [0.4, 0.5) is 0 Å². The molecule has 0 N–H and O–H groups in total. The summed E-state index contributed by atoms with van der Waals surface area (Å²) in [4.78, 5) is 17.1. The first-order chi connectivity index (χ1) is 11.7. The first-order valence-corrected chi connectivity index (χ1v) is 11.1. The molecule has 0 radical (unpaired) electrons. The lowest BCUT2D eigenvalue weighted by Crippen LogP contribution is -2.49. The number of hydrogen-bond donors (Lipinski definition) is 0. The average Bonchev–Trinajstić information content (AvgIpc) is 3.32. The molecular weight excluding hydrogens is 338 g/mol. The Bertz CT molecular complexity index is 665. The fraction of sp³-hybridized carbons (Fsp3) is 0.944. The van der Waals surface area contributed by atoms with E-state index in [4.69, 9.17) is 0 Å². The number of carbonyl (C=O) groups excluding carboxylic acids is 1. The predicted octanol–water partition coefficient (Wildman–Crippen LogP) is 0.991. The molecule has 2 saturated heterocycles. The van der Waals surface area contributed by atoms with Crippen molar-refractivity contribution in [3.63, 3.8) is 0 Å². The topological polar surface area (TPSA) is 60.9 Å². The maximum Gasteiger partial charge on any atom is 0.229 e. The standard InChI is InChI=1S/C18H31N3O3S/c1-19(2)16(22)18-7-6-17(15(18)12-20(3)13-18)8-10-21(11-9-17)25(23,24)14-4-5-14/h14-15H,4-13H2,1-3H3/t15-,18-/m1/s1. The summed E-state index contributed by atoms with van der Waals surface area (Å²) in [6, 6.07) is 0. The zero-order chi connectivity index (χ0) is 18.0. The first kappa shape index (κ1) is 17.7. The van der Waals surface area contributed by atoms with Gasteiger partial charge in [-0.15, -0.1) is 0 Å². The van der Waals surface area contributed by atoms with Gasteiger partial charge in [0.1, 0.15) is 0 Å². The van der Waals surface area contributed by atoms with Crippen molar-refractivity contribution in [2.45, 2.75) is 43.8 Å². The number of fused-ring (bicyclic) bond motifs is 2. The summed E-state index contributed by atoms with van der Waals surface area (Å²) in [6.45, 7) is 3.10. The quantitative estimate of drug-likeness (QED) is 0.744. The van der Waals surface area contributed by atoms with E-state index in [2.05, 4.69) is 11.9 Å². The number of carbonyl (C=O) groups is 1. The van der Waals surface area contributed by atoms with Crippen LogP contribution in [-0.2, 0) is 14.8 Å². The predicted molar refractivity (Wildman–Crippen MR) is 96.5 cm³/mol. The molecular formula is C18H31N3O3S. The van der Waals surface area contributed by atoms with Crippen LogP contribution in [0.5, 0.6) is 0 Å². The molecule has 25 heavy (non-hydrogen) atoms. The minimum Gasteiger partial charge on any atom is -0.348 e. The van der Waals surface area contributed by atoms with E-state index in [1.165, 1.54) is 0 Å². The third kappa shape index (κ3) is 2.57. The van der Waals surface area contributed by atoms with Gasteiger partial charge in [-0.25, -0.2) is 12.7 Å². The van der Waals surface area contributed by atoms with E-state index < -0.39 is 10.0 Å². The van der Waals surface area contributed by atoms with E-state index in [0.29, 0.717) is 19.0 Å². The molecule has 2 atom stereocenters. The van der Waals surface area contributed by atoms with Crippen molar-refractivity contribution in [2.75, 3.05) is 47.3 Å². The Labute approximate surface area is 151 Å². The Morgan fingerprint density at radius 1 is 1.08 bits per heavy atom. The van der Waals surface area contributed by atoms with Gasteiger partial charge in [0.15, 0.2) is 0 Å². The number of piperidine rings is 1. The second kappa shape index (κ2) is 5.67. The summed E-state index contributed by atoms with van der Waals surface area (Å²) in [5.74, 6) is 0.637. The van der Waals surface area contributed by atoms with Crippen molar-refractivity contribution in [1.29, 1.82) is 0 Å². The molecule has 0 aromatic heterocycles. The van der Waals surface area contributed by atoms with Crippen LogP contribution < -0.4 is 0 Å². The van der Waals surface area contributed by atoms with Crippen LogP contribution >= 0.6 is 0 Å². The fourth-order valence-corrected chi connectivity index (χ4v) is 7.80. The minimum atomic E-state index is -3.07. The van der Waals surface area contributed by atoms with Gasteiger partial charge in [-0.05, 0) is 56.9 Å². The van der Waals surface area contributed by atoms with Crippen LogP contribution in [-0.4, -0.2) is 81.0 Å². The largest absolute Gasteiger partial charge is 0.348 e. The summed E-state index contributed by atoms with van der Waals surface area (Å²) in [5.41, 5.74) is -0.109. The van der Waals surface area contributed by atoms with E-state index in [-0.39, 0.29) is 22.0 Å². The van der Waals surface area contributed by atoms with E-state index in [0.717, 1.165) is 51.6 Å². The van der Waals surface area contributed by atoms with Gasteiger partial charge in [0.05, 0.1) is 10.7 Å². The molecule has 6 nitrogen and oxygen atoms in total. The molecule has 4 rings (SSSR count). The molecule has 1 spiro atoms. The van der Waals surface area contributed by atoms with Crippen LogP contribution in [0.3, 0.4) is 0 Å². The molecule has 1 amide bonds. The van der Waals surface area contributed by atoms with Crippen LogP contribution in [0.15, 0.2) is 0 Å². The summed E-state index contributed by atoms with van der Waals surface area (Å²) in [7, 11) is 2.78. The summed E-state index contributed by atoms with van der Waals surface area (Å²) >= 11 is 0. The molecule has 0 bridgehead atoms. The van der Waals surface area contributed by atoms with Crippen molar-refractivity contribution in [2.24, 2.45) is 16.7 Å². The van der Waals surface area contributed by atoms with E-state index >= 15 is 0 Å². The average molecular weight is 370 g/mol. The van der Waals surface area contributed by atoms with Gasteiger partial charge in [0.25, 0.3) is 0 Å². The van der Waals surface area contributed by atoms with Gasteiger partial charge in [-0.1, -0.05) is 0 Å². The third-order valence-electron chi connectivity index (χ3n) is 7.38. The highest BCUT2D eigenvalue weighted by Gasteiger charge is 2.64. The molecule has 0 aromatic carbocycles. The van der Waals surface area contributed by atoms with Gasteiger partial charge in [0, 0.05) is 40.3 Å².